The lowest BCUT2D eigenvalue weighted by Gasteiger charge is -2.23. The molecular formula is C21H25N5O. The molecule has 3 aromatic rings. The Morgan fingerprint density at radius 3 is 2.70 bits per heavy atom. The van der Waals surface area contributed by atoms with Gasteiger partial charge in [0.25, 0.3) is 5.91 Å². The van der Waals surface area contributed by atoms with E-state index in [2.05, 4.69) is 12.0 Å². The van der Waals surface area contributed by atoms with E-state index >= 15 is 0 Å². The van der Waals surface area contributed by atoms with E-state index in [1.54, 1.807) is 4.68 Å². The smallest absolute Gasteiger partial charge is 0.254 e. The van der Waals surface area contributed by atoms with Gasteiger partial charge >= 0.3 is 0 Å². The number of nitrogens with two attached hydrogens (primary N) is 1. The monoisotopic (exact) mass is 363 g/mol. The van der Waals surface area contributed by atoms with Gasteiger partial charge in [0.2, 0.25) is 0 Å². The maximum atomic E-state index is 13.4. The van der Waals surface area contributed by atoms with E-state index < -0.39 is 0 Å². The van der Waals surface area contributed by atoms with Crippen LogP contribution in [0, 0.1) is 12.3 Å². The molecule has 1 atom stereocenters. The third-order valence-electron chi connectivity index (χ3n) is 5.61. The van der Waals surface area contributed by atoms with Crippen LogP contribution in [0.25, 0.3) is 22.3 Å². The van der Waals surface area contributed by atoms with Gasteiger partial charge in [0.1, 0.15) is 0 Å². The number of benzene rings is 1. The number of fused-ring (bicyclic) bond motifs is 1. The van der Waals surface area contributed by atoms with Crippen molar-refractivity contribution < 1.29 is 4.79 Å². The first kappa shape index (κ1) is 17.7. The van der Waals surface area contributed by atoms with E-state index in [-0.39, 0.29) is 11.3 Å². The van der Waals surface area contributed by atoms with Crippen molar-refractivity contribution in [2.24, 2.45) is 18.2 Å². The first-order valence-corrected chi connectivity index (χ1v) is 9.31. The summed E-state index contributed by atoms with van der Waals surface area (Å²) in [4.78, 5) is 20.1. The fraction of sp³-hybridized carbons (Fsp3) is 0.381. The lowest BCUT2D eigenvalue weighted by Crippen LogP contribution is -2.34. The van der Waals surface area contributed by atoms with Crippen molar-refractivity contribution in [1.82, 2.24) is 19.7 Å². The Morgan fingerprint density at radius 2 is 2.04 bits per heavy atom. The average Bonchev–Trinajstić information content (AvgIpc) is 3.22. The topological polar surface area (TPSA) is 77.0 Å². The number of pyridine rings is 1. The van der Waals surface area contributed by atoms with E-state index in [1.165, 1.54) is 0 Å². The van der Waals surface area contributed by atoms with Crippen LogP contribution in [0.4, 0.5) is 0 Å². The van der Waals surface area contributed by atoms with Crippen LogP contribution in [0.15, 0.2) is 36.4 Å². The zero-order valence-electron chi connectivity index (χ0n) is 16.1. The normalized spacial score (nSPS) is 19.8. The highest BCUT2D eigenvalue weighted by molar-refractivity contribution is 6.07. The number of carbonyl (C=O) groups is 1. The minimum atomic E-state index is -0.00590. The number of rotatable bonds is 3. The minimum absolute atomic E-state index is 0.00590. The molecule has 0 aliphatic carbocycles. The zero-order valence-corrected chi connectivity index (χ0v) is 16.1. The molecule has 6 nitrogen and oxygen atoms in total. The Kier molecular flexibility index (Phi) is 4.23. The Labute approximate surface area is 159 Å². The Bertz CT molecular complexity index is 1010. The van der Waals surface area contributed by atoms with Gasteiger partial charge in [-0.2, -0.15) is 5.10 Å². The Hall–Kier alpha value is -2.73. The molecule has 2 N–H and O–H groups in total. The summed E-state index contributed by atoms with van der Waals surface area (Å²) in [6.07, 6.45) is 0.932. The summed E-state index contributed by atoms with van der Waals surface area (Å²) in [7, 11) is 1.87. The van der Waals surface area contributed by atoms with E-state index in [0.717, 1.165) is 41.0 Å². The highest BCUT2D eigenvalue weighted by Crippen LogP contribution is 2.32. The standard InChI is InChI=1S/C21H25N5O/c1-14-18-16(20(27)26-10-9-21(2,12-22)13-26)11-17(15-7-5-4-6-8-15)23-19(18)25(3)24-14/h4-8,11H,9-10,12-13,22H2,1-3H3. The SMILES string of the molecule is Cc1nn(C)c2nc(-c3ccccc3)cc(C(=O)N3CCC(C)(CN)C3)c12. The van der Waals surface area contributed by atoms with Crippen LogP contribution in [0.1, 0.15) is 29.4 Å². The molecule has 4 rings (SSSR count). The number of hydrogen-bond acceptors (Lipinski definition) is 4. The molecule has 6 heteroatoms. The number of aromatic nitrogens is 3. The molecule has 0 spiro atoms. The molecule has 0 saturated carbocycles. The number of nitrogens with zero attached hydrogens (tertiary/aromatic N) is 4. The van der Waals surface area contributed by atoms with Crippen LogP contribution in [-0.2, 0) is 7.05 Å². The highest BCUT2D eigenvalue weighted by atomic mass is 16.2. The number of likely N-dealkylation sites (tertiary alicyclic amines) is 1. The van der Waals surface area contributed by atoms with Crippen molar-refractivity contribution in [2.45, 2.75) is 20.3 Å². The lowest BCUT2D eigenvalue weighted by atomic mass is 9.90. The second kappa shape index (κ2) is 6.46. The molecule has 27 heavy (non-hydrogen) atoms. The Morgan fingerprint density at radius 1 is 1.30 bits per heavy atom. The van der Waals surface area contributed by atoms with Gasteiger partial charge in [-0.05, 0) is 31.4 Å². The van der Waals surface area contributed by atoms with Crippen molar-refractivity contribution in [3.63, 3.8) is 0 Å². The van der Waals surface area contributed by atoms with Crippen LogP contribution in [-0.4, -0.2) is 45.2 Å². The third-order valence-corrected chi connectivity index (χ3v) is 5.61. The summed E-state index contributed by atoms with van der Waals surface area (Å²) in [5.41, 5.74) is 9.92. The van der Waals surface area contributed by atoms with E-state index in [0.29, 0.717) is 18.7 Å². The number of carbonyl (C=O) groups excluding carboxylic acids is 1. The largest absolute Gasteiger partial charge is 0.338 e. The van der Waals surface area contributed by atoms with Crippen LogP contribution in [0.5, 0.6) is 0 Å². The summed E-state index contributed by atoms with van der Waals surface area (Å²) in [5, 5.41) is 5.34. The predicted octanol–water partition coefficient (Wildman–Crippen LogP) is 2.75. The maximum absolute atomic E-state index is 13.4. The fourth-order valence-corrected chi connectivity index (χ4v) is 3.90. The van der Waals surface area contributed by atoms with Gasteiger partial charge in [-0.15, -0.1) is 0 Å². The molecule has 0 radical (unpaired) electrons. The molecule has 140 valence electrons. The lowest BCUT2D eigenvalue weighted by molar-refractivity contribution is 0.0778. The van der Waals surface area contributed by atoms with Crippen molar-refractivity contribution in [1.29, 1.82) is 0 Å². The van der Waals surface area contributed by atoms with Crippen molar-refractivity contribution in [2.75, 3.05) is 19.6 Å². The molecule has 1 aromatic carbocycles. The molecule has 1 fully saturated rings. The summed E-state index contributed by atoms with van der Waals surface area (Å²) >= 11 is 0. The number of hydrogen-bond donors (Lipinski definition) is 1. The number of amides is 1. The quantitative estimate of drug-likeness (QED) is 0.776. The summed E-state index contributed by atoms with van der Waals surface area (Å²) in [5.74, 6) is 0.0351. The molecule has 3 heterocycles. The molecular weight excluding hydrogens is 338 g/mol. The van der Waals surface area contributed by atoms with Crippen LogP contribution >= 0.6 is 0 Å². The minimum Gasteiger partial charge on any atom is -0.338 e. The first-order valence-electron chi connectivity index (χ1n) is 9.31. The van der Waals surface area contributed by atoms with Gasteiger partial charge in [-0.1, -0.05) is 37.3 Å². The van der Waals surface area contributed by atoms with Gasteiger partial charge in [-0.25, -0.2) is 4.98 Å². The predicted molar refractivity (Wildman–Crippen MR) is 106 cm³/mol. The average molecular weight is 363 g/mol. The van der Waals surface area contributed by atoms with Gasteiger partial charge < -0.3 is 10.6 Å². The Balaban J connectivity index is 1.85. The van der Waals surface area contributed by atoms with E-state index in [9.17, 15) is 4.79 Å². The second-order valence-corrected chi connectivity index (χ2v) is 7.82. The van der Waals surface area contributed by atoms with Crippen molar-refractivity contribution in [3.05, 3.63) is 47.7 Å². The van der Waals surface area contributed by atoms with Crippen LogP contribution < -0.4 is 5.73 Å². The second-order valence-electron chi connectivity index (χ2n) is 7.82. The molecule has 1 saturated heterocycles. The molecule has 2 aromatic heterocycles. The molecule has 1 amide bonds. The summed E-state index contributed by atoms with van der Waals surface area (Å²) in [6.45, 7) is 6.08. The van der Waals surface area contributed by atoms with Gasteiger partial charge in [0, 0.05) is 25.7 Å². The van der Waals surface area contributed by atoms with Crippen molar-refractivity contribution in [3.8, 4) is 11.3 Å². The molecule has 1 aliphatic heterocycles. The van der Waals surface area contributed by atoms with Crippen LogP contribution in [0.2, 0.25) is 0 Å². The first-order chi connectivity index (χ1) is 12.9. The zero-order chi connectivity index (χ0) is 19.2. The summed E-state index contributed by atoms with van der Waals surface area (Å²) in [6, 6.07) is 11.8. The van der Waals surface area contributed by atoms with E-state index in [1.807, 2.05) is 55.3 Å². The third kappa shape index (κ3) is 3.00. The van der Waals surface area contributed by atoms with Crippen LogP contribution in [0.3, 0.4) is 0 Å². The molecule has 1 aliphatic rings. The molecule has 1 unspecified atom stereocenters. The van der Waals surface area contributed by atoms with E-state index in [4.69, 9.17) is 10.7 Å². The number of aryl methyl sites for hydroxylation is 2. The van der Waals surface area contributed by atoms with Crippen molar-refractivity contribution >= 4 is 16.9 Å². The summed E-state index contributed by atoms with van der Waals surface area (Å²) < 4.78 is 1.75. The fourth-order valence-electron chi connectivity index (χ4n) is 3.90. The van der Waals surface area contributed by atoms with Gasteiger partial charge in [0.15, 0.2) is 5.65 Å². The molecule has 0 bridgehead atoms. The maximum Gasteiger partial charge on any atom is 0.254 e. The van der Waals surface area contributed by atoms with Gasteiger partial charge in [-0.3, -0.25) is 9.48 Å². The van der Waals surface area contributed by atoms with Gasteiger partial charge in [0.05, 0.1) is 22.3 Å². The highest BCUT2D eigenvalue weighted by Gasteiger charge is 2.36.